The summed E-state index contributed by atoms with van der Waals surface area (Å²) in [4.78, 5) is 2.14. The van der Waals surface area contributed by atoms with Gasteiger partial charge in [-0.3, -0.25) is 0 Å². The maximum Gasteiger partial charge on any atom is 0.173 e. The Balaban J connectivity index is 1.90. The lowest BCUT2D eigenvalue weighted by Gasteiger charge is -2.22. The highest BCUT2D eigenvalue weighted by Crippen LogP contribution is 2.21. The average molecular weight is 283 g/mol. The van der Waals surface area contributed by atoms with Crippen LogP contribution >= 0.6 is 0 Å². The van der Waals surface area contributed by atoms with Gasteiger partial charge in [-0.2, -0.15) is 5.10 Å². The number of rotatable bonds is 2. The first-order chi connectivity index (χ1) is 10.3. The summed E-state index contributed by atoms with van der Waals surface area (Å²) in [5.74, 6) is 0.724. The van der Waals surface area contributed by atoms with Crippen molar-refractivity contribution in [1.82, 2.24) is 10.2 Å². The fourth-order valence-corrected chi connectivity index (χ4v) is 2.69. The minimum Gasteiger partial charge on any atom is -0.409 e. The quantitative estimate of drug-likeness (QED) is 0.374. The molecule has 0 saturated carbocycles. The Morgan fingerprint density at radius 2 is 1.81 bits per heavy atom. The molecule has 2 aromatic rings. The maximum atomic E-state index is 8.90. The molecular weight excluding hydrogens is 266 g/mol. The summed E-state index contributed by atoms with van der Waals surface area (Å²) in [6, 6.07) is 10.2. The molecule has 3 rings (SSSR count). The summed E-state index contributed by atoms with van der Waals surface area (Å²) in [5.41, 5.74) is 9.08. The van der Waals surface area contributed by atoms with Gasteiger partial charge in [-0.25, -0.2) is 0 Å². The van der Waals surface area contributed by atoms with E-state index < -0.39 is 0 Å². The van der Waals surface area contributed by atoms with Crippen molar-refractivity contribution in [2.24, 2.45) is 10.9 Å². The normalized spacial score (nSPS) is 15.4. The third-order valence-electron chi connectivity index (χ3n) is 3.80. The second-order valence-corrected chi connectivity index (χ2v) is 5.01. The van der Waals surface area contributed by atoms with Gasteiger partial charge in [-0.05, 0) is 30.0 Å². The van der Waals surface area contributed by atoms with Crippen LogP contribution in [-0.4, -0.2) is 34.3 Å². The van der Waals surface area contributed by atoms with E-state index in [0.29, 0.717) is 11.4 Å². The Morgan fingerprint density at radius 1 is 1.14 bits per heavy atom. The standard InChI is InChI=1S/C15H17N5O/c16-14(19-21)13-5-8-17-18-15(13)20-9-6-11-3-1-2-4-12(11)7-10-20/h1-5,8,21H,6-7,9-10H2,(H2,16,19). The molecule has 0 radical (unpaired) electrons. The van der Waals surface area contributed by atoms with Crippen LogP contribution in [0.5, 0.6) is 0 Å². The molecule has 0 atom stereocenters. The molecule has 3 N–H and O–H groups in total. The van der Waals surface area contributed by atoms with E-state index in [-0.39, 0.29) is 5.84 Å². The first kappa shape index (κ1) is 13.4. The van der Waals surface area contributed by atoms with Crippen molar-refractivity contribution in [3.63, 3.8) is 0 Å². The van der Waals surface area contributed by atoms with Gasteiger partial charge in [0.05, 0.1) is 11.8 Å². The molecule has 0 amide bonds. The zero-order chi connectivity index (χ0) is 14.7. The van der Waals surface area contributed by atoms with Gasteiger partial charge >= 0.3 is 0 Å². The van der Waals surface area contributed by atoms with Crippen molar-refractivity contribution in [1.29, 1.82) is 0 Å². The molecule has 1 aromatic heterocycles. The molecule has 1 aromatic carbocycles. The van der Waals surface area contributed by atoms with E-state index in [9.17, 15) is 0 Å². The largest absolute Gasteiger partial charge is 0.409 e. The first-order valence-electron chi connectivity index (χ1n) is 6.91. The number of oxime groups is 1. The van der Waals surface area contributed by atoms with Crippen molar-refractivity contribution in [2.75, 3.05) is 18.0 Å². The monoisotopic (exact) mass is 283 g/mol. The second kappa shape index (κ2) is 5.78. The van der Waals surface area contributed by atoms with Crippen LogP contribution in [0.4, 0.5) is 5.82 Å². The summed E-state index contributed by atoms with van der Waals surface area (Å²) in [6.07, 6.45) is 3.44. The zero-order valence-electron chi connectivity index (χ0n) is 11.6. The second-order valence-electron chi connectivity index (χ2n) is 5.01. The molecule has 2 heterocycles. The minimum atomic E-state index is 0.0571. The van der Waals surface area contributed by atoms with Crippen LogP contribution in [0.1, 0.15) is 16.7 Å². The van der Waals surface area contributed by atoms with E-state index in [1.54, 1.807) is 12.3 Å². The summed E-state index contributed by atoms with van der Waals surface area (Å²) >= 11 is 0. The molecule has 0 spiro atoms. The minimum absolute atomic E-state index is 0.0571. The van der Waals surface area contributed by atoms with Gasteiger partial charge in [0, 0.05) is 13.1 Å². The molecular formula is C15H17N5O. The third kappa shape index (κ3) is 2.65. The van der Waals surface area contributed by atoms with Crippen LogP contribution in [0.3, 0.4) is 0 Å². The molecule has 1 aliphatic heterocycles. The molecule has 0 bridgehead atoms. The van der Waals surface area contributed by atoms with Crippen molar-refractivity contribution < 1.29 is 5.21 Å². The Hall–Kier alpha value is -2.63. The molecule has 0 aliphatic carbocycles. The fraction of sp³-hybridized carbons (Fsp3) is 0.267. The van der Waals surface area contributed by atoms with E-state index in [4.69, 9.17) is 10.9 Å². The highest BCUT2D eigenvalue weighted by Gasteiger charge is 2.19. The topological polar surface area (TPSA) is 87.6 Å². The molecule has 6 nitrogen and oxygen atoms in total. The highest BCUT2D eigenvalue weighted by atomic mass is 16.4. The van der Waals surface area contributed by atoms with E-state index >= 15 is 0 Å². The maximum absolute atomic E-state index is 8.90. The molecule has 108 valence electrons. The highest BCUT2D eigenvalue weighted by molar-refractivity contribution is 6.01. The molecule has 21 heavy (non-hydrogen) atoms. The van der Waals surface area contributed by atoms with Crippen molar-refractivity contribution >= 4 is 11.7 Å². The smallest absolute Gasteiger partial charge is 0.173 e. The number of fused-ring (bicyclic) bond motifs is 1. The van der Waals surface area contributed by atoms with Gasteiger partial charge in [0.2, 0.25) is 0 Å². The van der Waals surface area contributed by atoms with E-state index in [1.807, 2.05) is 0 Å². The van der Waals surface area contributed by atoms with E-state index in [0.717, 1.165) is 25.9 Å². The Bertz CT molecular complexity index is 644. The number of hydrogen-bond donors (Lipinski definition) is 2. The van der Waals surface area contributed by atoms with Crippen molar-refractivity contribution in [2.45, 2.75) is 12.8 Å². The molecule has 0 saturated heterocycles. The summed E-state index contributed by atoms with van der Waals surface area (Å²) in [5, 5.41) is 20.1. The fourth-order valence-electron chi connectivity index (χ4n) is 2.69. The van der Waals surface area contributed by atoms with Gasteiger partial charge in [0.15, 0.2) is 11.7 Å². The van der Waals surface area contributed by atoms with Crippen LogP contribution in [0.15, 0.2) is 41.7 Å². The summed E-state index contributed by atoms with van der Waals surface area (Å²) in [6.45, 7) is 1.67. The average Bonchev–Trinajstić information content (AvgIpc) is 2.77. The number of nitrogens with two attached hydrogens (primary N) is 1. The van der Waals surface area contributed by atoms with Crippen LogP contribution < -0.4 is 10.6 Å². The number of anilines is 1. The number of aromatic nitrogens is 2. The Labute approximate surface area is 122 Å². The van der Waals surface area contributed by atoms with Crippen LogP contribution in [-0.2, 0) is 12.8 Å². The van der Waals surface area contributed by atoms with E-state index in [2.05, 4.69) is 44.5 Å². The van der Waals surface area contributed by atoms with Gasteiger partial charge in [0.25, 0.3) is 0 Å². The summed E-state index contributed by atoms with van der Waals surface area (Å²) in [7, 11) is 0. The number of benzene rings is 1. The molecule has 0 unspecified atom stereocenters. The summed E-state index contributed by atoms with van der Waals surface area (Å²) < 4.78 is 0. The molecule has 6 heteroatoms. The van der Waals surface area contributed by atoms with Gasteiger partial charge < -0.3 is 15.8 Å². The third-order valence-corrected chi connectivity index (χ3v) is 3.80. The Morgan fingerprint density at radius 3 is 2.43 bits per heavy atom. The van der Waals surface area contributed by atoms with Crippen LogP contribution in [0.25, 0.3) is 0 Å². The van der Waals surface area contributed by atoms with Crippen LogP contribution in [0, 0.1) is 0 Å². The SMILES string of the molecule is N/C(=N/O)c1ccnnc1N1CCc2ccccc2CC1. The van der Waals surface area contributed by atoms with Crippen LogP contribution in [0.2, 0.25) is 0 Å². The predicted octanol–water partition coefficient (Wildman–Crippen LogP) is 1.18. The lowest BCUT2D eigenvalue weighted by Crippen LogP contribution is -2.30. The van der Waals surface area contributed by atoms with Crippen molar-refractivity contribution in [3.05, 3.63) is 53.2 Å². The Kier molecular flexibility index (Phi) is 3.68. The lowest BCUT2D eigenvalue weighted by atomic mass is 10.0. The first-order valence-corrected chi connectivity index (χ1v) is 6.91. The molecule has 1 aliphatic rings. The van der Waals surface area contributed by atoms with E-state index in [1.165, 1.54) is 11.1 Å². The number of hydrogen-bond acceptors (Lipinski definition) is 5. The van der Waals surface area contributed by atoms with Gasteiger partial charge in [-0.15, -0.1) is 5.10 Å². The zero-order valence-corrected chi connectivity index (χ0v) is 11.6. The van der Waals surface area contributed by atoms with Gasteiger partial charge in [-0.1, -0.05) is 29.4 Å². The van der Waals surface area contributed by atoms with Gasteiger partial charge in [0.1, 0.15) is 0 Å². The predicted molar refractivity (Wildman–Crippen MR) is 80.6 cm³/mol. The van der Waals surface area contributed by atoms with Crippen molar-refractivity contribution in [3.8, 4) is 0 Å². The lowest BCUT2D eigenvalue weighted by molar-refractivity contribution is 0.318. The molecule has 0 fully saturated rings. The number of amidine groups is 1. The number of nitrogens with zero attached hydrogens (tertiary/aromatic N) is 4.